The number of fused-ring (bicyclic) bond motifs is 1. The Labute approximate surface area is 175 Å². The minimum atomic E-state index is -0.296. The standard InChI is InChI=1S/C23H25FN4O2/c1-2-14-30-23-16(6-5-13-25-23)15-26-22(29)21-19-7-3-4-8-20(19)28(27-21)18-11-9-17(24)10-12-18/h5-6,9-13H,2-4,7-8,14-15H2,1H3,(H,26,29). The topological polar surface area (TPSA) is 69.0 Å². The summed E-state index contributed by atoms with van der Waals surface area (Å²) in [6.45, 7) is 2.92. The van der Waals surface area contributed by atoms with Crippen molar-refractivity contribution in [2.45, 2.75) is 45.6 Å². The third-order valence-corrected chi connectivity index (χ3v) is 5.20. The average molecular weight is 408 g/mol. The van der Waals surface area contributed by atoms with Gasteiger partial charge in [0, 0.05) is 29.6 Å². The summed E-state index contributed by atoms with van der Waals surface area (Å²) in [6, 6.07) is 9.91. The Hall–Kier alpha value is -3.22. The van der Waals surface area contributed by atoms with Crippen LogP contribution in [-0.4, -0.2) is 27.3 Å². The van der Waals surface area contributed by atoms with E-state index >= 15 is 0 Å². The van der Waals surface area contributed by atoms with Crippen molar-refractivity contribution in [2.24, 2.45) is 0 Å². The lowest BCUT2D eigenvalue weighted by Crippen LogP contribution is -2.25. The lowest BCUT2D eigenvalue weighted by Gasteiger charge is -2.14. The molecule has 2 aromatic heterocycles. The van der Waals surface area contributed by atoms with Gasteiger partial charge in [-0.1, -0.05) is 13.0 Å². The molecule has 0 saturated carbocycles. The number of benzene rings is 1. The normalized spacial score (nSPS) is 13.0. The predicted octanol–water partition coefficient (Wildman–Crippen LogP) is 4.00. The molecule has 1 aliphatic carbocycles. The second kappa shape index (κ2) is 9.07. The Balaban J connectivity index is 1.57. The summed E-state index contributed by atoms with van der Waals surface area (Å²) in [4.78, 5) is 17.3. The molecule has 1 aliphatic rings. The van der Waals surface area contributed by atoms with E-state index in [1.54, 1.807) is 23.0 Å². The van der Waals surface area contributed by atoms with Crippen LogP contribution in [0.4, 0.5) is 4.39 Å². The summed E-state index contributed by atoms with van der Waals surface area (Å²) < 4.78 is 20.8. The highest BCUT2D eigenvalue weighted by Crippen LogP contribution is 2.27. The number of aromatic nitrogens is 3. The van der Waals surface area contributed by atoms with Crippen molar-refractivity contribution in [3.05, 3.63) is 70.9 Å². The lowest BCUT2D eigenvalue weighted by molar-refractivity contribution is 0.0944. The fraction of sp³-hybridized carbons (Fsp3) is 0.348. The first-order valence-corrected chi connectivity index (χ1v) is 10.4. The quantitative estimate of drug-likeness (QED) is 0.642. The van der Waals surface area contributed by atoms with Crippen molar-refractivity contribution < 1.29 is 13.9 Å². The molecule has 1 amide bonds. The SMILES string of the molecule is CCCOc1ncccc1CNC(=O)c1nn(-c2ccc(F)cc2)c2c1CCCC2. The molecular weight excluding hydrogens is 383 g/mol. The van der Waals surface area contributed by atoms with E-state index in [1.807, 2.05) is 19.1 Å². The third-order valence-electron chi connectivity index (χ3n) is 5.20. The van der Waals surface area contributed by atoms with Crippen LogP contribution in [0.25, 0.3) is 5.69 Å². The zero-order valence-electron chi connectivity index (χ0n) is 17.0. The first-order valence-electron chi connectivity index (χ1n) is 10.4. The van der Waals surface area contributed by atoms with Crippen molar-refractivity contribution in [1.82, 2.24) is 20.1 Å². The van der Waals surface area contributed by atoms with Crippen LogP contribution in [-0.2, 0) is 19.4 Å². The molecule has 30 heavy (non-hydrogen) atoms. The number of amides is 1. The Kier molecular flexibility index (Phi) is 6.07. The number of nitrogens with zero attached hydrogens (tertiary/aromatic N) is 3. The molecule has 0 fully saturated rings. The maximum atomic E-state index is 13.3. The van der Waals surface area contributed by atoms with Crippen LogP contribution in [0.3, 0.4) is 0 Å². The van der Waals surface area contributed by atoms with Gasteiger partial charge in [-0.15, -0.1) is 0 Å². The molecular formula is C23H25FN4O2. The maximum absolute atomic E-state index is 13.3. The van der Waals surface area contributed by atoms with Gasteiger partial charge in [0.1, 0.15) is 5.82 Å². The molecule has 0 saturated heterocycles. The smallest absolute Gasteiger partial charge is 0.272 e. The number of carbonyl (C=O) groups excluding carboxylic acids is 1. The van der Waals surface area contributed by atoms with Gasteiger partial charge in [-0.25, -0.2) is 14.1 Å². The summed E-state index contributed by atoms with van der Waals surface area (Å²) in [5.74, 6) is 0.0214. The van der Waals surface area contributed by atoms with Gasteiger partial charge in [0.15, 0.2) is 5.69 Å². The molecule has 3 aromatic rings. The number of hydrogen-bond acceptors (Lipinski definition) is 4. The minimum Gasteiger partial charge on any atom is -0.477 e. The van der Waals surface area contributed by atoms with E-state index in [4.69, 9.17) is 4.74 Å². The highest BCUT2D eigenvalue weighted by atomic mass is 19.1. The van der Waals surface area contributed by atoms with Gasteiger partial charge in [-0.3, -0.25) is 4.79 Å². The highest BCUT2D eigenvalue weighted by molar-refractivity contribution is 5.94. The van der Waals surface area contributed by atoms with E-state index < -0.39 is 0 Å². The molecule has 0 bridgehead atoms. The van der Waals surface area contributed by atoms with Crippen LogP contribution in [0.2, 0.25) is 0 Å². The Morgan fingerprint density at radius 1 is 1.20 bits per heavy atom. The van der Waals surface area contributed by atoms with E-state index in [-0.39, 0.29) is 11.7 Å². The molecule has 7 heteroatoms. The van der Waals surface area contributed by atoms with Gasteiger partial charge in [0.25, 0.3) is 5.91 Å². The average Bonchev–Trinajstić information content (AvgIpc) is 3.17. The van der Waals surface area contributed by atoms with E-state index in [1.165, 1.54) is 12.1 Å². The molecule has 0 spiro atoms. The van der Waals surface area contributed by atoms with Gasteiger partial charge >= 0.3 is 0 Å². The number of pyridine rings is 1. The van der Waals surface area contributed by atoms with Crippen molar-refractivity contribution in [2.75, 3.05) is 6.61 Å². The number of halogens is 1. The number of hydrogen-bond donors (Lipinski definition) is 1. The van der Waals surface area contributed by atoms with E-state index in [2.05, 4.69) is 15.4 Å². The summed E-state index contributed by atoms with van der Waals surface area (Å²) in [7, 11) is 0. The largest absolute Gasteiger partial charge is 0.477 e. The van der Waals surface area contributed by atoms with Crippen molar-refractivity contribution in [3.63, 3.8) is 0 Å². The van der Waals surface area contributed by atoms with Gasteiger partial charge in [-0.05, 0) is 62.4 Å². The van der Waals surface area contributed by atoms with E-state index in [0.29, 0.717) is 24.7 Å². The zero-order chi connectivity index (χ0) is 20.9. The number of ether oxygens (including phenoxy) is 1. The fourth-order valence-electron chi connectivity index (χ4n) is 3.72. The predicted molar refractivity (Wildman–Crippen MR) is 111 cm³/mol. The van der Waals surface area contributed by atoms with Crippen LogP contribution in [0.1, 0.15) is 53.5 Å². The van der Waals surface area contributed by atoms with Crippen LogP contribution in [0, 0.1) is 5.82 Å². The molecule has 1 aromatic carbocycles. The highest BCUT2D eigenvalue weighted by Gasteiger charge is 2.25. The second-order valence-corrected chi connectivity index (χ2v) is 7.37. The third kappa shape index (κ3) is 4.20. The Bertz CT molecular complexity index is 1030. The van der Waals surface area contributed by atoms with Crippen LogP contribution in [0.15, 0.2) is 42.6 Å². The van der Waals surface area contributed by atoms with E-state index in [0.717, 1.165) is 54.6 Å². The molecule has 4 rings (SSSR count). The first-order chi connectivity index (χ1) is 14.7. The molecule has 2 heterocycles. The zero-order valence-corrected chi connectivity index (χ0v) is 17.0. The van der Waals surface area contributed by atoms with Gasteiger partial charge in [0.2, 0.25) is 5.88 Å². The van der Waals surface area contributed by atoms with Crippen LogP contribution in [0.5, 0.6) is 5.88 Å². The fourth-order valence-corrected chi connectivity index (χ4v) is 3.72. The Morgan fingerprint density at radius 2 is 2.00 bits per heavy atom. The molecule has 0 radical (unpaired) electrons. The minimum absolute atomic E-state index is 0.223. The van der Waals surface area contributed by atoms with E-state index in [9.17, 15) is 9.18 Å². The molecule has 1 N–H and O–H groups in total. The molecule has 0 unspecified atom stereocenters. The summed E-state index contributed by atoms with van der Waals surface area (Å²) in [6.07, 6.45) is 6.31. The lowest BCUT2D eigenvalue weighted by atomic mass is 9.95. The van der Waals surface area contributed by atoms with Crippen molar-refractivity contribution in [3.8, 4) is 11.6 Å². The molecule has 0 aliphatic heterocycles. The maximum Gasteiger partial charge on any atom is 0.272 e. The summed E-state index contributed by atoms with van der Waals surface area (Å²) in [5.41, 5.74) is 4.04. The Morgan fingerprint density at radius 3 is 2.80 bits per heavy atom. The first kappa shape index (κ1) is 20.1. The van der Waals surface area contributed by atoms with Crippen LogP contribution < -0.4 is 10.1 Å². The summed E-state index contributed by atoms with van der Waals surface area (Å²) >= 11 is 0. The van der Waals surface area contributed by atoms with Crippen LogP contribution >= 0.6 is 0 Å². The molecule has 156 valence electrons. The van der Waals surface area contributed by atoms with Gasteiger partial charge in [0.05, 0.1) is 12.3 Å². The number of rotatable bonds is 7. The second-order valence-electron chi connectivity index (χ2n) is 7.37. The van der Waals surface area contributed by atoms with Crippen molar-refractivity contribution in [1.29, 1.82) is 0 Å². The number of nitrogens with one attached hydrogen (secondary N) is 1. The van der Waals surface area contributed by atoms with Gasteiger partial charge < -0.3 is 10.1 Å². The number of carbonyl (C=O) groups is 1. The summed E-state index contributed by atoms with van der Waals surface area (Å²) in [5, 5.41) is 7.57. The molecule has 6 nitrogen and oxygen atoms in total. The van der Waals surface area contributed by atoms with Crippen molar-refractivity contribution >= 4 is 5.91 Å². The van der Waals surface area contributed by atoms with Gasteiger partial charge in [-0.2, -0.15) is 5.10 Å². The monoisotopic (exact) mass is 408 g/mol. The molecule has 0 atom stereocenters.